The van der Waals surface area contributed by atoms with Gasteiger partial charge in [-0.05, 0) is 44.0 Å². The second-order valence-corrected chi connectivity index (χ2v) is 5.06. The molecule has 6 heteroatoms. The largest absolute Gasteiger partial charge is 0.481 e. The average molecular weight is 311 g/mol. The van der Waals surface area contributed by atoms with Gasteiger partial charge in [-0.25, -0.2) is 4.39 Å². The number of amides is 1. The van der Waals surface area contributed by atoms with Gasteiger partial charge in [0.2, 0.25) is 0 Å². The SMILES string of the molecule is CC(Oc1ccc(F)cc1)C(=O)NCCCCCCC(=O)O. The van der Waals surface area contributed by atoms with Gasteiger partial charge in [-0.1, -0.05) is 12.8 Å². The molecule has 1 aromatic carbocycles. The molecule has 1 amide bonds. The molecule has 1 unspecified atom stereocenters. The van der Waals surface area contributed by atoms with Crippen LogP contribution in [0, 0.1) is 5.82 Å². The molecule has 0 saturated heterocycles. The number of benzene rings is 1. The van der Waals surface area contributed by atoms with Crippen LogP contribution in [-0.2, 0) is 9.59 Å². The monoisotopic (exact) mass is 311 g/mol. The fourth-order valence-corrected chi connectivity index (χ4v) is 1.88. The first-order valence-corrected chi connectivity index (χ1v) is 7.41. The summed E-state index contributed by atoms with van der Waals surface area (Å²) in [6, 6.07) is 5.50. The van der Waals surface area contributed by atoms with Crippen LogP contribution in [0.25, 0.3) is 0 Å². The van der Waals surface area contributed by atoms with Crippen molar-refractivity contribution >= 4 is 11.9 Å². The van der Waals surface area contributed by atoms with Crippen LogP contribution in [0.4, 0.5) is 4.39 Å². The number of halogens is 1. The summed E-state index contributed by atoms with van der Waals surface area (Å²) in [6.07, 6.45) is 2.71. The second-order valence-electron chi connectivity index (χ2n) is 5.06. The van der Waals surface area contributed by atoms with E-state index in [2.05, 4.69) is 5.32 Å². The van der Waals surface area contributed by atoms with E-state index in [1.807, 2.05) is 0 Å². The Balaban J connectivity index is 2.13. The van der Waals surface area contributed by atoms with Crippen molar-refractivity contribution in [2.75, 3.05) is 6.54 Å². The number of nitrogens with one attached hydrogen (secondary N) is 1. The molecule has 0 heterocycles. The van der Waals surface area contributed by atoms with Gasteiger partial charge in [-0.3, -0.25) is 9.59 Å². The highest BCUT2D eigenvalue weighted by Gasteiger charge is 2.13. The maximum Gasteiger partial charge on any atom is 0.303 e. The molecule has 0 aliphatic heterocycles. The zero-order valence-electron chi connectivity index (χ0n) is 12.7. The average Bonchev–Trinajstić information content (AvgIpc) is 2.48. The lowest BCUT2D eigenvalue weighted by atomic mass is 10.1. The summed E-state index contributed by atoms with van der Waals surface area (Å²) in [6.45, 7) is 2.16. The Morgan fingerprint density at radius 3 is 2.45 bits per heavy atom. The molecule has 0 aliphatic rings. The Bertz CT molecular complexity index is 476. The van der Waals surface area contributed by atoms with E-state index >= 15 is 0 Å². The summed E-state index contributed by atoms with van der Waals surface area (Å²) < 4.78 is 18.2. The van der Waals surface area contributed by atoms with Gasteiger partial charge in [0.1, 0.15) is 11.6 Å². The lowest BCUT2D eigenvalue weighted by Gasteiger charge is -2.14. The fraction of sp³-hybridized carbons (Fsp3) is 0.500. The first-order chi connectivity index (χ1) is 10.5. The predicted molar refractivity (Wildman–Crippen MR) is 80.2 cm³/mol. The quantitative estimate of drug-likeness (QED) is 0.652. The molecule has 0 saturated carbocycles. The van der Waals surface area contributed by atoms with Gasteiger partial charge in [0.05, 0.1) is 0 Å². The van der Waals surface area contributed by atoms with Crippen molar-refractivity contribution in [1.29, 1.82) is 0 Å². The number of carbonyl (C=O) groups excluding carboxylic acids is 1. The van der Waals surface area contributed by atoms with Gasteiger partial charge in [0.15, 0.2) is 6.10 Å². The molecule has 0 spiro atoms. The number of aliphatic carboxylic acids is 1. The Kier molecular flexibility index (Phi) is 7.96. The third-order valence-electron chi connectivity index (χ3n) is 3.11. The lowest BCUT2D eigenvalue weighted by molar-refractivity contribution is -0.137. The van der Waals surface area contributed by atoms with E-state index < -0.39 is 12.1 Å². The molecule has 0 radical (unpaired) electrons. The number of hydrogen-bond acceptors (Lipinski definition) is 3. The molecule has 0 aliphatic carbocycles. The van der Waals surface area contributed by atoms with Gasteiger partial charge < -0.3 is 15.2 Å². The lowest BCUT2D eigenvalue weighted by Crippen LogP contribution is -2.36. The zero-order chi connectivity index (χ0) is 16.4. The van der Waals surface area contributed by atoms with Crippen LogP contribution in [0.3, 0.4) is 0 Å². The topological polar surface area (TPSA) is 75.6 Å². The molecular formula is C16H22FNO4. The van der Waals surface area contributed by atoms with E-state index in [1.165, 1.54) is 24.3 Å². The molecule has 1 rings (SSSR count). The molecule has 0 fully saturated rings. The number of carboxylic acids is 1. The van der Waals surface area contributed by atoms with Gasteiger partial charge in [-0.2, -0.15) is 0 Å². The summed E-state index contributed by atoms with van der Waals surface area (Å²) in [4.78, 5) is 22.1. The molecule has 5 nitrogen and oxygen atoms in total. The Morgan fingerprint density at radius 1 is 1.18 bits per heavy atom. The Hall–Kier alpha value is -2.11. The highest BCUT2D eigenvalue weighted by atomic mass is 19.1. The third kappa shape index (κ3) is 7.61. The summed E-state index contributed by atoms with van der Waals surface area (Å²) >= 11 is 0. The van der Waals surface area contributed by atoms with Crippen LogP contribution in [0.5, 0.6) is 5.75 Å². The number of rotatable bonds is 10. The number of unbranched alkanes of at least 4 members (excludes halogenated alkanes) is 3. The number of carboxylic acid groups (broad SMARTS) is 1. The van der Waals surface area contributed by atoms with Gasteiger partial charge in [0.25, 0.3) is 5.91 Å². The highest BCUT2D eigenvalue weighted by molar-refractivity contribution is 5.80. The van der Waals surface area contributed by atoms with Gasteiger partial charge >= 0.3 is 5.97 Å². The van der Waals surface area contributed by atoms with Crippen molar-refractivity contribution in [1.82, 2.24) is 5.32 Å². The van der Waals surface area contributed by atoms with Crippen LogP contribution >= 0.6 is 0 Å². The van der Waals surface area contributed by atoms with E-state index in [-0.39, 0.29) is 18.1 Å². The molecule has 22 heavy (non-hydrogen) atoms. The third-order valence-corrected chi connectivity index (χ3v) is 3.11. The van der Waals surface area contributed by atoms with Crippen LogP contribution in [0.2, 0.25) is 0 Å². The minimum absolute atomic E-state index is 0.189. The fourth-order valence-electron chi connectivity index (χ4n) is 1.88. The van der Waals surface area contributed by atoms with Crippen LogP contribution < -0.4 is 10.1 Å². The van der Waals surface area contributed by atoms with E-state index in [9.17, 15) is 14.0 Å². The minimum atomic E-state index is -0.778. The van der Waals surface area contributed by atoms with Crippen molar-refractivity contribution in [3.05, 3.63) is 30.1 Å². The molecule has 122 valence electrons. The normalized spacial score (nSPS) is 11.7. The maximum absolute atomic E-state index is 12.8. The Morgan fingerprint density at radius 2 is 1.82 bits per heavy atom. The second kappa shape index (κ2) is 9.76. The standard InChI is InChI=1S/C16H22FNO4/c1-12(22-14-9-7-13(17)8-10-14)16(21)18-11-5-3-2-4-6-15(19)20/h7-10,12H,2-6,11H2,1H3,(H,18,21)(H,19,20). The number of ether oxygens (including phenoxy) is 1. The summed E-state index contributed by atoms with van der Waals surface area (Å²) in [5, 5.41) is 11.3. The van der Waals surface area contributed by atoms with Gasteiger partial charge in [-0.15, -0.1) is 0 Å². The number of hydrogen-bond donors (Lipinski definition) is 2. The molecule has 1 atom stereocenters. The maximum atomic E-state index is 12.8. The van der Waals surface area contributed by atoms with Crippen LogP contribution in [0.1, 0.15) is 39.0 Å². The van der Waals surface area contributed by atoms with Crippen molar-refractivity contribution in [3.63, 3.8) is 0 Å². The van der Waals surface area contributed by atoms with E-state index in [1.54, 1.807) is 6.92 Å². The van der Waals surface area contributed by atoms with Crippen molar-refractivity contribution < 1.29 is 23.8 Å². The number of carbonyl (C=O) groups is 2. The van der Waals surface area contributed by atoms with E-state index in [0.717, 1.165) is 19.3 Å². The first kappa shape index (κ1) is 17.9. The van der Waals surface area contributed by atoms with E-state index in [4.69, 9.17) is 9.84 Å². The minimum Gasteiger partial charge on any atom is -0.481 e. The zero-order valence-corrected chi connectivity index (χ0v) is 12.7. The summed E-state index contributed by atoms with van der Waals surface area (Å²) in [5.74, 6) is -0.917. The molecule has 1 aromatic rings. The van der Waals surface area contributed by atoms with Crippen LogP contribution in [0.15, 0.2) is 24.3 Å². The van der Waals surface area contributed by atoms with Crippen molar-refractivity contribution in [2.24, 2.45) is 0 Å². The Labute approximate surface area is 129 Å². The molecule has 0 bridgehead atoms. The molecule has 0 aromatic heterocycles. The van der Waals surface area contributed by atoms with E-state index in [0.29, 0.717) is 18.7 Å². The molecule has 2 N–H and O–H groups in total. The predicted octanol–water partition coefficient (Wildman–Crippen LogP) is 2.74. The summed E-state index contributed by atoms with van der Waals surface area (Å²) in [7, 11) is 0. The smallest absolute Gasteiger partial charge is 0.303 e. The van der Waals surface area contributed by atoms with Crippen molar-refractivity contribution in [3.8, 4) is 5.75 Å². The highest BCUT2D eigenvalue weighted by Crippen LogP contribution is 2.13. The van der Waals surface area contributed by atoms with Crippen LogP contribution in [-0.4, -0.2) is 29.6 Å². The molecular weight excluding hydrogens is 289 g/mol. The summed E-state index contributed by atoms with van der Waals surface area (Å²) in [5.41, 5.74) is 0. The van der Waals surface area contributed by atoms with Crippen molar-refractivity contribution in [2.45, 2.75) is 45.1 Å². The van der Waals surface area contributed by atoms with Gasteiger partial charge in [0, 0.05) is 13.0 Å². The first-order valence-electron chi connectivity index (χ1n) is 7.41.